The maximum Gasteiger partial charge on any atom is 0.355 e. The van der Waals surface area contributed by atoms with E-state index in [2.05, 4.69) is 4.99 Å². The number of hydrogen-bond donors (Lipinski definition) is 0. The van der Waals surface area contributed by atoms with Crippen LogP contribution in [0, 0.1) is 0 Å². The lowest BCUT2D eigenvalue weighted by Gasteiger charge is -2.16. The Labute approximate surface area is 211 Å². The van der Waals surface area contributed by atoms with Crippen LogP contribution in [-0.4, -0.2) is 23.6 Å². The average molecular weight is 498 g/mol. The molecule has 0 aliphatic carbocycles. The number of carbonyl (C=O) groups excluding carboxylic acids is 3. The average Bonchev–Trinajstić information content (AvgIpc) is 3.16. The van der Waals surface area contributed by atoms with Crippen molar-refractivity contribution in [2.24, 2.45) is 4.99 Å². The summed E-state index contributed by atoms with van der Waals surface area (Å²) in [4.78, 5) is 41.8. The van der Waals surface area contributed by atoms with Crippen molar-refractivity contribution >= 4 is 51.7 Å². The van der Waals surface area contributed by atoms with Gasteiger partial charge in [0.05, 0.1) is 11.7 Å². The van der Waals surface area contributed by atoms with Crippen molar-refractivity contribution in [1.29, 1.82) is 0 Å². The molecule has 0 saturated heterocycles. The summed E-state index contributed by atoms with van der Waals surface area (Å²) in [6.45, 7) is 0.173. The number of aliphatic imine (C=N–C) groups is 1. The zero-order valence-electron chi connectivity index (χ0n) is 18.8. The molecule has 178 valence electrons. The highest BCUT2D eigenvalue weighted by Gasteiger charge is 2.35. The largest absolute Gasteiger partial charge is 0.545 e. The van der Waals surface area contributed by atoms with Crippen molar-refractivity contribution in [3.05, 3.63) is 107 Å². The Kier molecular flexibility index (Phi) is 6.23. The van der Waals surface area contributed by atoms with Crippen LogP contribution in [0.2, 0.25) is 5.02 Å². The first-order valence-electron chi connectivity index (χ1n) is 11.1. The molecular weight excluding hydrogens is 480 g/mol. The fraction of sp³-hybridized carbons (Fsp3) is 0.0714. The van der Waals surface area contributed by atoms with Crippen molar-refractivity contribution in [2.75, 3.05) is 4.90 Å². The van der Waals surface area contributed by atoms with Crippen molar-refractivity contribution < 1.29 is 24.2 Å². The maximum atomic E-state index is 13.2. The molecule has 0 N–H and O–H groups in total. The maximum absolute atomic E-state index is 13.2. The Hall–Kier alpha value is -4.49. The number of aromatic carboxylic acids is 1. The molecule has 0 spiro atoms. The fourth-order valence-electron chi connectivity index (χ4n) is 4.09. The standard InChI is InChI=1S/C28H19ClN2O5/c29-20-5-3-6-21(14-20)31-26(32)24(30-28(31)35)15-23-22-7-2-1-4-18(22)12-13-25(23)36-16-17-8-10-19(11-9-17)27(33)34/h1-14H,15-16H2,(H,33,34)/p-1. The van der Waals surface area contributed by atoms with Gasteiger partial charge in [0.2, 0.25) is 0 Å². The third kappa shape index (κ3) is 4.56. The van der Waals surface area contributed by atoms with Crippen LogP contribution in [0.5, 0.6) is 5.75 Å². The van der Waals surface area contributed by atoms with Crippen LogP contribution in [0.25, 0.3) is 10.8 Å². The third-order valence-corrected chi connectivity index (χ3v) is 6.10. The van der Waals surface area contributed by atoms with Crippen LogP contribution < -0.4 is 14.7 Å². The first-order chi connectivity index (χ1) is 17.4. The lowest BCUT2D eigenvalue weighted by molar-refractivity contribution is -0.255. The van der Waals surface area contributed by atoms with Crippen LogP contribution in [-0.2, 0) is 17.8 Å². The summed E-state index contributed by atoms with van der Waals surface area (Å²) in [6, 6.07) is 23.4. The molecule has 3 amide bonds. The topological polar surface area (TPSA) is 99.1 Å². The number of benzene rings is 4. The molecule has 4 aromatic carbocycles. The van der Waals surface area contributed by atoms with Crippen LogP contribution in [0.4, 0.5) is 10.5 Å². The van der Waals surface area contributed by atoms with Gasteiger partial charge in [-0.3, -0.25) is 4.79 Å². The summed E-state index contributed by atoms with van der Waals surface area (Å²) in [6.07, 6.45) is 0.0853. The minimum Gasteiger partial charge on any atom is -0.545 e. The molecule has 0 fully saturated rings. The highest BCUT2D eigenvalue weighted by Crippen LogP contribution is 2.31. The monoisotopic (exact) mass is 497 g/mol. The SMILES string of the molecule is O=C([O-])c1ccc(COc2ccc3ccccc3c2CC2=NC(=O)N(c3cccc(Cl)c3)C2=O)cc1. The van der Waals surface area contributed by atoms with E-state index in [1.807, 2.05) is 36.4 Å². The van der Waals surface area contributed by atoms with Gasteiger partial charge in [-0.25, -0.2) is 9.69 Å². The summed E-state index contributed by atoms with van der Waals surface area (Å²) >= 11 is 6.04. The number of rotatable bonds is 7. The van der Waals surface area contributed by atoms with E-state index in [4.69, 9.17) is 16.3 Å². The number of ether oxygens (including phenoxy) is 1. The number of fused-ring (bicyclic) bond motifs is 1. The smallest absolute Gasteiger partial charge is 0.355 e. The molecule has 8 heteroatoms. The molecule has 0 saturated carbocycles. The highest BCUT2D eigenvalue weighted by atomic mass is 35.5. The Morgan fingerprint density at radius 1 is 0.944 bits per heavy atom. The van der Waals surface area contributed by atoms with Gasteiger partial charge in [-0.1, -0.05) is 72.3 Å². The molecule has 1 aliphatic rings. The van der Waals surface area contributed by atoms with E-state index in [1.165, 1.54) is 18.2 Å². The highest BCUT2D eigenvalue weighted by molar-refractivity contribution is 6.54. The van der Waals surface area contributed by atoms with Crippen LogP contribution in [0.15, 0.2) is 89.9 Å². The molecule has 7 nitrogen and oxygen atoms in total. The van der Waals surface area contributed by atoms with Gasteiger partial charge >= 0.3 is 6.03 Å². The van der Waals surface area contributed by atoms with Gasteiger partial charge < -0.3 is 14.6 Å². The zero-order chi connectivity index (χ0) is 25.2. The van der Waals surface area contributed by atoms with Gasteiger partial charge in [-0.15, -0.1) is 0 Å². The Bertz CT molecular complexity index is 1550. The van der Waals surface area contributed by atoms with E-state index in [1.54, 1.807) is 30.3 Å². The molecule has 0 atom stereocenters. The normalized spacial score (nSPS) is 13.2. The summed E-state index contributed by atoms with van der Waals surface area (Å²) in [7, 11) is 0. The number of carboxylic acid groups (broad SMARTS) is 1. The third-order valence-electron chi connectivity index (χ3n) is 5.86. The fourth-order valence-corrected chi connectivity index (χ4v) is 4.27. The summed E-state index contributed by atoms with van der Waals surface area (Å²) < 4.78 is 6.09. The number of hydrogen-bond acceptors (Lipinski definition) is 5. The Morgan fingerprint density at radius 3 is 2.47 bits per heavy atom. The van der Waals surface area contributed by atoms with Gasteiger partial charge in [0, 0.05) is 17.0 Å². The second kappa shape index (κ2) is 9.64. The number of amides is 3. The van der Waals surface area contributed by atoms with Gasteiger partial charge in [-0.2, -0.15) is 4.99 Å². The predicted octanol–water partition coefficient (Wildman–Crippen LogP) is 4.59. The minimum absolute atomic E-state index is 0.0804. The Morgan fingerprint density at radius 2 is 1.72 bits per heavy atom. The number of anilines is 1. The van der Waals surface area contributed by atoms with Crippen molar-refractivity contribution in [1.82, 2.24) is 0 Å². The van der Waals surface area contributed by atoms with Gasteiger partial charge in [-0.05, 0) is 46.2 Å². The first kappa shape index (κ1) is 23.3. The second-order valence-electron chi connectivity index (χ2n) is 8.17. The Balaban J connectivity index is 1.44. The lowest BCUT2D eigenvalue weighted by atomic mass is 9.98. The zero-order valence-corrected chi connectivity index (χ0v) is 19.6. The molecule has 0 radical (unpaired) electrons. The molecule has 1 heterocycles. The van der Waals surface area contributed by atoms with Crippen molar-refractivity contribution in [3.63, 3.8) is 0 Å². The van der Waals surface area contributed by atoms with Crippen LogP contribution >= 0.6 is 11.6 Å². The molecule has 4 aromatic rings. The molecule has 0 bridgehead atoms. The summed E-state index contributed by atoms with van der Waals surface area (Å²) in [5.41, 5.74) is 2.00. The van der Waals surface area contributed by atoms with E-state index >= 15 is 0 Å². The second-order valence-corrected chi connectivity index (χ2v) is 8.61. The number of imide groups is 1. The lowest BCUT2D eigenvalue weighted by Crippen LogP contribution is -2.33. The quantitative estimate of drug-likeness (QED) is 0.372. The molecule has 36 heavy (non-hydrogen) atoms. The van der Waals surface area contributed by atoms with Gasteiger partial charge in [0.25, 0.3) is 5.91 Å². The number of carboxylic acids is 1. The van der Waals surface area contributed by atoms with E-state index in [9.17, 15) is 19.5 Å². The molecule has 0 aromatic heterocycles. The van der Waals surface area contributed by atoms with Gasteiger partial charge in [0.15, 0.2) is 0 Å². The van der Waals surface area contributed by atoms with Crippen molar-refractivity contribution in [2.45, 2.75) is 13.0 Å². The van der Waals surface area contributed by atoms with E-state index in [0.29, 0.717) is 22.0 Å². The number of nitrogens with zero attached hydrogens (tertiary/aromatic N) is 2. The molecule has 1 aliphatic heterocycles. The molecule has 0 unspecified atom stereocenters. The van der Waals surface area contributed by atoms with Crippen LogP contribution in [0.3, 0.4) is 0 Å². The summed E-state index contributed by atoms with van der Waals surface area (Å²) in [5.74, 6) is -1.23. The number of carbonyl (C=O) groups is 3. The van der Waals surface area contributed by atoms with Crippen LogP contribution in [0.1, 0.15) is 21.5 Å². The first-order valence-corrected chi connectivity index (χ1v) is 11.4. The molecule has 5 rings (SSSR count). The predicted molar refractivity (Wildman–Crippen MR) is 135 cm³/mol. The van der Waals surface area contributed by atoms with Crippen molar-refractivity contribution in [3.8, 4) is 5.75 Å². The summed E-state index contributed by atoms with van der Waals surface area (Å²) in [5, 5.41) is 13.2. The van der Waals surface area contributed by atoms with E-state index in [0.717, 1.165) is 21.2 Å². The molecular formula is C28H18ClN2O5-. The van der Waals surface area contributed by atoms with Gasteiger partial charge in [0.1, 0.15) is 18.1 Å². The number of urea groups is 1. The minimum atomic E-state index is -1.25. The van der Waals surface area contributed by atoms with E-state index in [-0.39, 0.29) is 24.3 Å². The van der Waals surface area contributed by atoms with E-state index < -0.39 is 17.9 Å². The number of halogens is 1.